The van der Waals surface area contributed by atoms with E-state index in [9.17, 15) is 4.79 Å². The molecule has 2 N–H and O–H groups in total. The average Bonchev–Trinajstić information content (AvgIpc) is 2.49. The van der Waals surface area contributed by atoms with Crippen molar-refractivity contribution in [2.24, 2.45) is 5.92 Å². The highest BCUT2D eigenvalue weighted by atomic mass is 16.3. The number of nitrogens with one attached hydrogen (secondary N) is 1. The zero-order valence-electron chi connectivity index (χ0n) is 11.9. The van der Waals surface area contributed by atoms with Gasteiger partial charge in [-0.25, -0.2) is 0 Å². The van der Waals surface area contributed by atoms with E-state index in [1.54, 1.807) is 0 Å². The maximum absolute atomic E-state index is 11.9. The molecule has 2 rings (SSSR count). The predicted octanol–water partition coefficient (Wildman–Crippen LogP) is 1.05. The van der Waals surface area contributed by atoms with Crippen LogP contribution in [0.15, 0.2) is 30.3 Å². The molecular weight excluding hydrogens is 252 g/mol. The summed E-state index contributed by atoms with van der Waals surface area (Å²) in [5, 5.41) is 12.1. The molecule has 1 aliphatic heterocycles. The third-order valence-electron chi connectivity index (χ3n) is 3.91. The van der Waals surface area contributed by atoms with E-state index >= 15 is 0 Å². The Morgan fingerprint density at radius 1 is 1.25 bits per heavy atom. The van der Waals surface area contributed by atoms with Crippen LogP contribution in [0.3, 0.4) is 0 Å². The van der Waals surface area contributed by atoms with Crippen LogP contribution < -0.4 is 5.32 Å². The number of likely N-dealkylation sites (tertiary alicyclic amines) is 1. The zero-order chi connectivity index (χ0) is 14.2. The number of hydrogen-bond donors (Lipinski definition) is 2. The number of nitrogens with zero attached hydrogens (tertiary/aromatic N) is 1. The summed E-state index contributed by atoms with van der Waals surface area (Å²) >= 11 is 0. The molecule has 0 bridgehead atoms. The van der Waals surface area contributed by atoms with Crippen molar-refractivity contribution in [2.45, 2.75) is 19.3 Å². The topological polar surface area (TPSA) is 52.6 Å². The monoisotopic (exact) mass is 276 g/mol. The van der Waals surface area contributed by atoms with Gasteiger partial charge in [0.15, 0.2) is 0 Å². The van der Waals surface area contributed by atoms with Gasteiger partial charge in [0.2, 0.25) is 5.91 Å². The predicted molar refractivity (Wildman–Crippen MR) is 79.4 cm³/mol. The summed E-state index contributed by atoms with van der Waals surface area (Å²) in [7, 11) is 0. The van der Waals surface area contributed by atoms with E-state index in [0.29, 0.717) is 19.0 Å². The largest absolute Gasteiger partial charge is 0.396 e. The summed E-state index contributed by atoms with van der Waals surface area (Å²) in [4.78, 5) is 14.0. The lowest BCUT2D eigenvalue weighted by atomic mass is 9.98. The molecule has 1 aromatic carbocycles. The van der Waals surface area contributed by atoms with Gasteiger partial charge in [0.1, 0.15) is 0 Å². The first kappa shape index (κ1) is 15.0. The van der Waals surface area contributed by atoms with Crippen molar-refractivity contribution in [3.63, 3.8) is 0 Å². The van der Waals surface area contributed by atoms with Crippen molar-refractivity contribution in [3.05, 3.63) is 35.9 Å². The first-order valence-corrected chi connectivity index (χ1v) is 7.42. The lowest BCUT2D eigenvalue weighted by Gasteiger charge is -2.30. The lowest BCUT2D eigenvalue weighted by Crippen LogP contribution is -2.42. The Morgan fingerprint density at radius 2 is 1.95 bits per heavy atom. The molecule has 20 heavy (non-hydrogen) atoms. The maximum atomic E-state index is 11.9. The highest BCUT2D eigenvalue weighted by molar-refractivity contribution is 5.78. The lowest BCUT2D eigenvalue weighted by molar-refractivity contribution is -0.122. The van der Waals surface area contributed by atoms with Gasteiger partial charge in [-0.1, -0.05) is 30.3 Å². The van der Waals surface area contributed by atoms with Gasteiger partial charge in [-0.3, -0.25) is 9.69 Å². The molecule has 1 heterocycles. The number of carbonyl (C=O) groups excluding carboxylic acids is 1. The van der Waals surface area contributed by atoms with E-state index in [1.807, 2.05) is 18.2 Å². The van der Waals surface area contributed by atoms with Gasteiger partial charge in [-0.15, -0.1) is 0 Å². The van der Waals surface area contributed by atoms with Crippen LogP contribution in [0.4, 0.5) is 0 Å². The molecule has 1 aromatic rings. The molecular formula is C16H24N2O2. The fourth-order valence-corrected chi connectivity index (χ4v) is 2.58. The molecule has 0 spiro atoms. The molecule has 1 fully saturated rings. The number of amides is 1. The Hall–Kier alpha value is -1.39. The van der Waals surface area contributed by atoms with Crippen molar-refractivity contribution in [1.82, 2.24) is 10.2 Å². The van der Waals surface area contributed by atoms with Crippen LogP contribution in [0.1, 0.15) is 18.4 Å². The van der Waals surface area contributed by atoms with E-state index in [4.69, 9.17) is 5.11 Å². The van der Waals surface area contributed by atoms with Gasteiger partial charge < -0.3 is 10.4 Å². The Labute approximate surface area is 120 Å². The highest BCUT2D eigenvalue weighted by Gasteiger charge is 2.19. The van der Waals surface area contributed by atoms with E-state index in [1.165, 1.54) is 5.56 Å². The van der Waals surface area contributed by atoms with E-state index < -0.39 is 0 Å². The Morgan fingerprint density at radius 3 is 2.60 bits per heavy atom. The summed E-state index contributed by atoms with van der Waals surface area (Å²) in [5.41, 5.74) is 1.25. The fraction of sp³-hybridized carbons (Fsp3) is 0.562. The average molecular weight is 276 g/mol. The Bertz CT molecular complexity index is 400. The zero-order valence-corrected chi connectivity index (χ0v) is 11.9. The fourth-order valence-electron chi connectivity index (χ4n) is 2.58. The third kappa shape index (κ3) is 4.94. The summed E-state index contributed by atoms with van der Waals surface area (Å²) in [6.07, 6.45) is 2.86. The van der Waals surface area contributed by atoms with Crippen LogP contribution in [-0.2, 0) is 11.2 Å². The van der Waals surface area contributed by atoms with Crippen LogP contribution in [0.2, 0.25) is 0 Å². The molecule has 0 unspecified atom stereocenters. The van der Waals surface area contributed by atoms with Crippen LogP contribution in [0.5, 0.6) is 0 Å². The normalized spacial score (nSPS) is 17.1. The Kier molecular flexibility index (Phi) is 6.02. The standard InChI is InChI=1S/C16H24N2O2/c19-13-15-7-10-18(11-8-15)12-16(20)17-9-6-14-4-2-1-3-5-14/h1-5,15,19H,6-13H2,(H,17,20). The molecule has 1 saturated heterocycles. The molecule has 4 nitrogen and oxygen atoms in total. The van der Waals surface area contributed by atoms with Crippen LogP contribution >= 0.6 is 0 Å². The summed E-state index contributed by atoms with van der Waals surface area (Å²) in [6, 6.07) is 10.2. The number of carbonyl (C=O) groups is 1. The van der Waals surface area contributed by atoms with Crippen molar-refractivity contribution in [2.75, 3.05) is 32.8 Å². The minimum atomic E-state index is 0.100. The minimum absolute atomic E-state index is 0.100. The van der Waals surface area contributed by atoms with Crippen LogP contribution in [0, 0.1) is 5.92 Å². The summed E-state index contributed by atoms with van der Waals surface area (Å²) in [5.74, 6) is 0.524. The second-order valence-electron chi connectivity index (χ2n) is 5.49. The van der Waals surface area contributed by atoms with Crippen molar-refractivity contribution in [3.8, 4) is 0 Å². The molecule has 1 amide bonds. The summed E-state index contributed by atoms with van der Waals surface area (Å²) in [6.45, 7) is 3.27. The van der Waals surface area contributed by atoms with Crippen LogP contribution in [0.25, 0.3) is 0 Å². The molecule has 0 saturated carbocycles. The number of rotatable bonds is 6. The molecule has 0 atom stereocenters. The number of piperidine rings is 1. The highest BCUT2D eigenvalue weighted by Crippen LogP contribution is 2.15. The van der Waals surface area contributed by atoms with Gasteiger partial charge in [-0.05, 0) is 43.8 Å². The molecule has 0 radical (unpaired) electrons. The van der Waals surface area contributed by atoms with Crippen LogP contribution in [-0.4, -0.2) is 48.7 Å². The van der Waals surface area contributed by atoms with Gasteiger partial charge in [-0.2, -0.15) is 0 Å². The molecule has 0 aromatic heterocycles. The van der Waals surface area contributed by atoms with Gasteiger partial charge in [0.05, 0.1) is 6.54 Å². The SMILES string of the molecule is O=C(CN1CCC(CO)CC1)NCCc1ccccc1. The smallest absolute Gasteiger partial charge is 0.234 e. The molecule has 4 heteroatoms. The second kappa shape index (κ2) is 8.02. The quantitative estimate of drug-likeness (QED) is 0.816. The number of hydrogen-bond acceptors (Lipinski definition) is 3. The number of benzene rings is 1. The van der Waals surface area contributed by atoms with Crippen molar-refractivity contribution < 1.29 is 9.90 Å². The van der Waals surface area contributed by atoms with Crippen molar-refractivity contribution in [1.29, 1.82) is 0 Å². The molecule has 0 aliphatic carbocycles. The van der Waals surface area contributed by atoms with Gasteiger partial charge in [0, 0.05) is 13.2 Å². The Balaban J connectivity index is 1.61. The second-order valence-corrected chi connectivity index (χ2v) is 5.49. The first-order chi connectivity index (χ1) is 9.78. The van der Waals surface area contributed by atoms with E-state index in [2.05, 4.69) is 22.3 Å². The van der Waals surface area contributed by atoms with E-state index in [0.717, 1.165) is 32.4 Å². The summed E-state index contributed by atoms with van der Waals surface area (Å²) < 4.78 is 0. The maximum Gasteiger partial charge on any atom is 0.234 e. The number of aliphatic hydroxyl groups excluding tert-OH is 1. The molecule has 1 aliphatic rings. The third-order valence-corrected chi connectivity index (χ3v) is 3.91. The molecule has 110 valence electrons. The number of aliphatic hydroxyl groups is 1. The minimum Gasteiger partial charge on any atom is -0.396 e. The van der Waals surface area contributed by atoms with E-state index in [-0.39, 0.29) is 12.5 Å². The first-order valence-electron chi connectivity index (χ1n) is 7.42. The van der Waals surface area contributed by atoms with Crippen molar-refractivity contribution >= 4 is 5.91 Å². The van der Waals surface area contributed by atoms with Gasteiger partial charge >= 0.3 is 0 Å². The van der Waals surface area contributed by atoms with Gasteiger partial charge in [0.25, 0.3) is 0 Å².